The van der Waals surface area contributed by atoms with Gasteiger partial charge in [-0.15, -0.1) is 0 Å². The van der Waals surface area contributed by atoms with Crippen LogP contribution in [0.2, 0.25) is 0 Å². The molecule has 0 spiro atoms. The average molecular weight is 393 g/mol. The topological polar surface area (TPSA) is 87.6 Å². The van der Waals surface area contributed by atoms with E-state index >= 15 is 0 Å². The van der Waals surface area contributed by atoms with Crippen LogP contribution in [0.1, 0.15) is 24.1 Å². The minimum absolute atomic E-state index is 0.165. The van der Waals surface area contributed by atoms with Crippen molar-refractivity contribution in [2.75, 3.05) is 6.54 Å². The SMILES string of the molecule is CC(NC(=O)CN=C1NS(=O)(=O)c2ccccc21)c1cccc2ccccc12. The van der Waals surface area contributed by atoms with Gasteiger partial charge in [0.25, 0.3) is 10.0 Å². The fourth-order valence-electron chi connectivity index (χ4n) is 3.40. The van der Waals surface area contributed by atoms with E-state index < -0.39 is 10.0 Å². The van der Waals surface area contributed by atoms with Crippen molar-refractivity contribution in [3.8, 4) is 0 Å². The van der Waals surface area contributed by atoms with Crippen LogP contribution in [-0.4, -0.2) is 26.7 Å². The highest BCUT2D eigenvalue weighted by molar-refractivity contribution is 7.90. The van der Waals surface area contributed by atoms with Crippen LogP contribution < -0.4 is 10.0 Å². The number of carbonyl (C=O) groups is 1. The third kappa shape index (κ3) is 3.36. The van der Waals surface area contributed by atoms with Gasteiger partial charge in [-0.1, -0.05) is 54.6 Å². The van der Waals surface area contributed by atoms with Crippen molar-refractivity contribution in [3.05, 3.63) is 77.9 Å². The van der Waals surface area contributed by atoms with Crippen LogP contribution in [0.15, 0.2) is 76.6 Å². The first-order valence-electron chi connectivity index (χ1n) is 8.89. The molecule has 0 aromatic heterocycles. The third-order valence-corrected chi connectivity index (χ3v) is 6.11. The Morgan fingerprint density at radius 2 is 1.75 bits per heavy atom. The van der Waals surface area contributed by atoms with Crippen molar-refractivity contribution in [2.24, 2.45) is 4.99 Å². The molecule has 1 amide bonds. The first kappa shape index (κ1) is 18.2. The van der Waals surface area contributed by atoms with Crippen LogP contribution in [0.4, 0.5) is 0 Å². The highest BCUT2D eigenvalue weighted by atomic mass is 32.2. The summed E-state index contributed by atoms with van der Waals surface area (Å²) in [6.45, 7) is 1.75. The molecule has 3 aromatic rings. The number of aliphatic imine (C=N–C) groups is 1. The minimum Gasteiger partial charge on any atom is -0.348 e. The van der Waals surface area contributed by atoms with Gasteiger partial charge in [0.15, 0.2) is 0 Å². The van der Waals surface area contributed by atoms with E-state index in [0.717, 1.165) is 16.3 Å². The fraction of sp³-hybridized carbons (Fsp3) is 0.143. The van der Waals surface area contributed by atoms with Crippen molar-refractivity contribution in [2.45, 2.75) is 17.9 Å². The molecule has 0 saturated carbocycles. The van der Waals surface area contributed by atoms with Crippen molar-refractivity contribution in [1.82, 2.24) is 10.0 Å². The Bertz CT molecular complexity index is 1200. The summed E-state index contributed by atoms with van der Waals surface area (Å²) in [6.07, 6.45) is 0. The second-order valence-corrected chi connectivity index (χ2v) is 8.27. The van der Waals surface area contributed by atoms with E-state index in [1.54, 1.807) is 18.2 Å². The number of amides is 1. The number of sulfonamides is 1. The molecule has 0 aliphatic carbocycles. The monoisotopic (exact) mass is 393 g/mol. The van der Waals surface area contributed by atoms with E-state index in [2.05, 4.69) is 15.0 Å². The third-order valence-electron chi connectivity index (χ3n) is 4.71. The fourth-order valence-corrected chi connectivity index (χ4v) is 4.65. The molecule has 1 aliphatic rings. The summed E-state index contributed by atoms with van der Waals surface area (Å²) in [5.41, 5.74) is 1.50. The zero-order chi connectivity index (χ0) is 19.7. The Balaban J connectivity index is 1.50. The van der Waals surface area contributed by atoms with Crippen molar-refractivity contribution in [3.63, 3.8) is 0 Å². The molecule has 3 aromatic carbocycles. The summed E-state index contributed by atoms with van der Waals surface area (Å²) in [5.74, 6) is -0.0833. The van der Waals surface area contributed by atoms with Gasteiger partial charge < -0.3 is 5.32 Å². The number of nitrogens with zero attached hydrogens (tertiary/aromatic N) is 1. The number of hydrogen-bond donors (Lipinski definition) is 2. The van der Waals surface area contributed by atoms with Gasteiger partial charge in [-0.05, 0) is 35.4 Å². The number of benzene rings is 3. The van der Waals surface area contributed by atoms with E-state index in [9.17, 15) is 13.2 Å². The second kappa shape index (κ2) is 7.09. The molecule has 0 saturated heterocycles. The Kier molecular flexibility index (Phi) is 4.60. The molecule has 0 radical (unpaired) electrons. The Morgan fingerprint density at radius 1 is 1.04 bits per heavy atom. The minimum atomic E-state index is -3.61. The zero-order valence-electron chi connectivity index (χ0n) is 15.2. The lowest BCUT2D eigenvalue weighted by Gasteiger charge is -2.16. The molecule has 0 fully saturated rings. The lowest BCUT2D eigenvalue weighted by Crippen LogP contribution is -2.30. The van der Waals surface area contributed by atoms with E-state index in [4.69, 9.17) is 0 Å². The Labute approximate surface area is 163 Å². The van der Waals surface area contributed by atoms with Gasteiger partial charge in [0.1, 0.15) is 12.4 Å². The summed E-state index contributed by atoms with van der Waals surface area (Å²) in [6, 6.07) is 20.4. The number of nitrogens with one attached hydrogen (secondary N) is 2. The Morgan fingerprint density at radius 3 is 2.61 bits per heavy atom. The molecule has 0 bridgehead atoms. The van der Waals surface area contributed by atoms with Gasteiger partial charge >= 0.3 is 0 Å². The highest BCUT2D eigenvalue weighted by Crippen LogP contribution is 2.24. The summed E-state index contributed by atoms with van der Waals surface area (Å²) < 4.78 is 26.6. The van der Waals surface area contributed by atoms with Crippen LogP contribution in [0, 0.1) is 0 Å². The molecule has 1 aliphatic heterocycles. The predicted molar refractivity (Wildman–Crippen MR) is 109 cm³/mol. The smallest absolute Gasteiger partial charge is 0.263 e. The van der Waals surface area contributed by atoms with E-state index in [1.165, 1.54) is 6.07 Å². The van der Waals surface area contributed by atoms with Gasteiger partial charge in [-0.3, -0.25) is 14.5 Å². The summed E-state index contributed by atoms with van der Waals surface area (Å²) in [7, 11) is -3.61. The van der Waals surface area contributed by atoms with Crippen molar-refractivity contribution < 1.29 is 13.2 Å². The van der Waals surface area contributed by atoms with Crippen LogP contribution in [0.5, 0.6) is 0 Å². The molecule has 1 unspecified atom stereocenters. The van der Waals surface area contributed by atoms with Gasteiger partial charge in [-0.25, -0.2) is 8.42 Å². The van der Waals surface area contributed by atoms with Gasteiger partial charge in [0.2, 0.25) is 5.91 Å². The van der Waals surface area contributed by atoms with E-state index in [-0.39, 0.29) is 29.2 Å². The maximum atomic E-state index is 12.4. The molecule has 4 rings (SSSR count). The van der Waals surface area contributed by atoms with E-state index in [0.29, 0.717) is 5.56 Å². The number of amidine groups is 1. The summed E-state index contributed by atoms with van der Waals surface area (Å²) in [5, 5.41) is 5.13. The number of carbonyl (C=O) groups excluding carboxylic acids is 1. The standard InChI is InChI=1S/C21H19N3O3S/c1-14(16-11-6-8-15-7-2-3-9-17(15)16)23-20(25)13-22-21-18-10-4-5-12-19(18)28(26,27)24-21/h2-12,14H,13H2,1H3,(H,22,24)(H,23,25). The maximum Gasteiger partial charge on any atom is 0.263 e. The van der Waals surface area contributed by atoms with Crippen LogP contribution in [0.25, 0.3) is 10.8 Å². The molecule has 6 nitrogen and oxygen atoms in total. The summed E-state index contributed by atoms with van der Waals surface area (Å²) in [4.78, 5) is 16.8. The number of hydrogen-bond acceptors (Lipinski definition) is 4. The first-order valence-corrected chi connectivity index (χ1v) is 10.4. The second-order valence-electron chi connectivity index (χ2n) is 6.62. The molecule has 28 heavy (non-hydrogen) atoms. The zero-order valence-corrected chi connectivity index (χ0v) is 16.0. The Hall–Kier alpha value is -3.19. The van der Waals surface area contributed by atoms with Gasteiger partial charge in [0.05, 0.1) is 10.9 Å². The average Bonchev–Trinajstić information content (AvgIpc) is 2.96. The molecule has 142 valence electrons. The van der Waals surface area contributed by atoms with Crippen LogP contribution in [-0.2, 0) is 14.8 Å². The quantitative estimate of drug-likeness (QED) is 0.714. The van der Waals surface area contributed by atoms with E-state index in [1.807, 2.05) is 49.4 Å². The predicted octanol–water partition coefficient (Wildman–Crippen LogP) is 2.76. The highest BCUT2D eigenvalue weighted by Gasteiger charge is 2.30. The van der Waals surface area contributed by atoms with Gasteiger partial charge in [0, 0.05) is 5.56 Å². The lowest BCUT2D eigenvalue weighted by atomic mass is 10.00. The summed E-state index contributed by atoms with van der Waals surface area (Å²) >= 11 is 0. The maximum absolute atomic E-state index is 12.4. The largest absolute Gasteiger partial charge is 0.348 e. The molecule has 1 atom stereocenters. The molecule has 1 heterocycles. The molecular formula is C21H19N3O3S. The van der Waals surface area contributed by atoms with Gasteiger partial charge in [-0.2, -0.15) is 0 Å². The van der Waals surface area contributed by atoms with Crippen molar-refractivity contribution in [1.29, 1.82) is 0 Å². The first-order chi connectivity index (χ1) is 13.5. The lowest BCUT2D eigenvalue weighted by molar-refractivity contribution is -0.120. The normalized spacial score (nSPS) is 17.1. The van der Waals surface area contributed by atoms with Crippen LogP contribution >= 0.6 is 0 Å². The molecule has 2 N–H and O–H groups in total. The van der Waals surface area contributed by atoms with Crippen LogP contribution in [0.3, 0.4) is 0 Å². The molecule has 7 heteroatoms. The molecular weight excluding hydrogens is 374 g/mol. The number of rotatable bonds is 4. The number of fused-ring (bicyclic) bond motifs is 2. The van der Waals surface area contributed by atoms with Crippen molar-refractivity contribution >= 4 is 32.5 Å².